The first-order valence-corrected chi connectivity index (χ1v) is 5.36. The Morgan fingerprint density at radius 2 is 1.94 bits per heavy atom. The summed E-state index contributed by atoms with van der Waals surface area (Å²) in [5, 5.41) is 7.57. The average molecular weight is 233 g/mol. The molecule has 0 aliphatic rings. The third-order valence-electron chi connectivity index (χ3n) is 2.09. The van der Waals surface area contributed by atoms with Crippen LogP contribution in [0.2, 0.25) is 0 Å². The second-order valence-electron chi connectivity index (χ2n) is 4.56. The van der Waals surface area contributed by atoms with Crippen LogP contribution in [0.3, 0.4) is 0 Å². The summed E-state index contributed by atoms with van der Waals surface area (Å²) in [6.07, 6.45) is 0. The van der Waals surface area contributed by atoms with Crippen molar-refractivity contribution in [2.24, 2.45) is 5.73 Å². The van der Waals surface area contributed by atoms with Crippen molar-refractivity contribution < 1.29 is 9.37 Å². The maximum atomic E-state index is 5.84. The Morgan fingerprint density at radius 1 is 1.24 bits per heavy atom. The van der Waals surface area contributed by atoms with Crippen molar-refractivity contribution in [2.75, 3.05) is 6.61 Å². The third-order valence-corrected chi connectivity index (χ3v) is 2.09. The zero-order valence-corrected chi connectivity index (χ0v) is 9.88. The standard InChI is InChI=1S/C12H15N3O2/c1-12(2,13)8-16-11-10(14-17-15-11)9-6-4-3-5-7-9/h3-7H,8,13H2,1-2H3. The minimum atomic E-state index is -0.424. The predicted octanol–water partition coefficient (Wildman–Crippen LogP) is 1.85. The van der Waals surface area contributed by atoms with Gasteiger partial charge in [0.15, 0.2) is 5.69 Å². The predicted molar refractivity (Wildman–Crippen MR) is 63.5 cm³/mol. The molecule has 0 aliphatic heterocycles. The summed E-state index contributed by atoms with van der Waals surface area (Å²) in [5.41, 5.74) is 6.91. The summed E-state index contributed by atoms with van der Waals surface area (Å²) in [6, 6.07) is 9.60. The molecule has 1 aromatic heterocycles. The molecule has 90 valence electrons. The molecule has 0 aliphatic carbocycles. The molecule has 1 heterocycles. The van der Waals surface area contributed by atoms with E-state index in [4.69, 9.17) is 15.1 Å². The first-order chi connectivity index (χ1) is 8.06. The van der Waals surface area contributed by atoms with Gasteiger partial charge in [-0.15, -0.1) is 0 Å². The molecule has 0 saturated heterocycles. The minimum Gasteiger partial charge on any atom is -0.472 e. The summed E-state index contributed by atoms with van der Waals surface area (Å²) < 4.78 is 10.2. The Kier molecular flexibility index (Phi) is 3.10. The lowest BCUT2D eigenvalue weighted by Crippen LogP contribution is -2.38. The van der Waals surface area contributed by atoms with Crippen molar-refractivity contribution in [3.63, 3.8) is 0 Å². The number of benzene rings is 1. The molecular weight excluding hydrogens is 218 g/mol. The van der Waals surface area contributed by atoms with Gasteiger partial charge < -0.3 is 10.5 Å². The van der Waals surface area contributed by atoms with Gasteiger partial charge in [0, 0.05) is 11.1 Å². The Balaban J connectivity index is 2.18. The molecule has 2 rings (SSSR count). The Bertz CT molecular complexity index is 474. The summed E-state index contributed by atoms with van der Waals surface area (Å²) in [6.45, 7) is 4.10. The Labute approximate surface area is 99.5 Å². The van der Waals surface area contributed by atoms with Gasteiger partial charge in [-0.1, -0.05) is 30.3 Å². The quantitative estimate of drug-likeness (QED) is 0.872. The minimum absolute atomic E-state index is 0.348. The number of hydrogen-bond acceptors (Lipinski definition) is 5. The number of hydrogen-bond donors (Lipinski definition) is 1. The van der Waals surface area contributed by atoms with Gasteiger partial charge >= 0.3 is 0 Å². The second kappa shape index (κ2) is 4.55. The van der Waals surface area contributed by atoms with Crippen molar-refractivity contribution in [1.82, 2.24) is 10.3 Å². The molecule has 1 aromatic carbocycles. The van der Waals surface area contributed by atoms with E-state index in [0.717, 1.165) is 5.56 Å². The molecule has 5 heteroatoms. The van der Waals surface area contributed by atoms with Gasteiger partial charge in [0.05, 0.1) is 0 Å². The maximum absolute atomic E-state index is 5.84. The normalized spacial score (nSPS) is 11.5. The van der Waals surface area contributed by atoms with Gasteiger partial charge in [0.25, 0.3) is 5.88 Å². The van der Waals surface area contributed by atoms with Crippen molar-refractivity contribution in [3.8, 4) is 17.1 Å². The van der Waals surface area contributed by atoms with E-state index in [1.807, 2.05) is 44.2 Å². The van der Waals surface area contributed by atoms with Crippen molar-refractivity contribution in [2.45, 2.75) is 19.4 Å². The highest BCUT2D eigenvalue weighted by Gasteiger charge is 2.17. The topological polar surface area (TPSA) is 74.2 Å². The molecule has 2 N–H and O–H groups in total. The van der Waals surface area contributed by atoms with E-state index in [9.17, 15) is 0 Å². The van der Waals surface area contributed by atoms with E-state index in [1.165, 1.54) is 0 Å². The lowest BCUT2D eigenvalue weighted by atomic mass is 10.1. The fourth-order valence-corrected chi connectivity index (χ4v) is 1.30. The average Bonchev–Trinajstić information content (AvgIpc) is 2.75. The summed E-state index contributed by atoms with van der Waals surface area (Å²) in [5.74, 6) is 0.370. The highest BCUT2D eigenvalue weighted by molar-refractivity contribution is 5.63. The van der Waals surface area contributed by atoms with Crippen LogP contribution >= 0.6 is 0 Å². The van der Waals surface area contributed by atoms with Crippen LogP contribution < -0.4 is 10.5 Å². The third kappa shape index (κ3) is 3.04. The molecule has 0 bridgehead atoms. The number of rotatable bonds is 4. The largest absolute Gasteiger partial charge is 0.472 e. The van der Waals surface area contributed by atoms with E-state index in [0.29, 0.717) is 18.2 Å². The van der Waals surface area contributed by atoms with Crippen molar-refractivity contribution >= 4 is 0 Å². The zero-order valence-electron chi connectivity index (χ0n) is 9.88. The molecule has 2 aromatic rings. The molecule has 0 amide bonds. The first kappa shape index (κ1) is 11.6. The van der Waals surface area contributed by atoms with Gasteiger partial charge in [0.2, 0.25) is 0 Å². The summed E-state index contributed by atoms with van der Waals surface area (Å²) >= 11 is 0. The molecule has 0 atom stereocenters. The smallest absolute Gasteiger partial charge is 0.283 e. The second-order valence-corrected chi connectivity index (χ2v) is 4.56. The molecule has 0 saturated carbocycles. The fraction of sp³-hybridized carbons (Fsp3) is 0.333. The monoisotopic (exact) mass is 233 g/mol. The lowest BCUT2D eigenvalue weighted by Gasteiger charge is -2.17. The molecular formula is C12H15N3O2. The number of nitrogens with zero attached hydrogens (tertiary/aromatic N) is 2. The van der Waals surface area contributed by atoms with Crippen LogP contribution in [0.4, 0.5) is 0 Å². The highest BCUT2D eigenvalue weighted by Crippen LogP contribution is 2.26. The maximum Gasteiger partial charge on any atom is 0.283 e. The van der Waals surface area contributed by atoms with Crippen LogP contribution in [0.25, 0.3) is 11.3 Å². The van der Waals surface area contributed by atoms with E-state index >= 15 is 0 Å². The number of nitrogens with two attached hydrogens (primary N) is 1. The van der Waals surface area contributed by atoms with E-state index in [-0.39, 0.29) is 0 Å². The van der Waals surface area contributed by atoms with E-state index in [1.54, 1.807) is 0 Å². The van der Waals surface area contributed by atoms with Crippen LogP contribution in [0.15, 0.2) is 35.0 Å². The molecule has 5 nitrogen and oxygen atoms in total. The molecule has 0 radical (unpaired) electrons. The number of aromatic nitrogens is 2. The van der Waals surface area contributed by atoms with E-state index in [2.05, 4.69) is 10.3 Å². The molecule has 17 heavy (non-hydrogen) atoms. The van der Waals surface area contributed by atoms with Gasteiger partial charge in [-0.3, -0.25) is 0 Å². The Hall–Kier alpha value is -1.88. The van der Waals surface area contributed by atoms with Crippen LogP contribution in [0, 0.1) is 0 Å². The Morgan fingerprint density at radius 3 is 2.59 bits per heavy atom. The van der Waals surface area contributed by atoms with Crippen molar-refractivity contribution in [3.05, 3.63) is 30.3 Å². The van der Waals surface area contributed by atoms with Crippen molar-refractivity contribution in [1.29, 1.82) is 0 Å². The van der Waals surface area contributed by atoms with Crippen LogP contribution in [-0.2, 0) is 0 Å². The van der Waals surface area contributed by atoms with Gasteiger partial charge in [-0.05, 0) is 24.2 Å². The lowest BCUT2D eigenvalue weighted by molar-refractivity contribution is 0.215. The highest BCUT2D eigenvalue weighted by atomic mass is 16.6. The SMILES string of the molecule is CC(C)(N)COc1nonc1-c1ccccc1. The summed E-state index contributed by atoms with van der Waals surface area (Å²) in [7, 11) is 0. The van der Waals surface area contributed by atoms with Gasteiger partial charge in [-0.2, -0.15) is 0 Å². The fourth-order valence-electron chi connectivity index (χ4n) is 1.30. The van der Waals surface area contributed by atoms with Crippen LogP contribution in [0.1, 0.15) is 13.8 Å². The number of ether oxygens (including phenoxy) is 1. The molecule has 0 fully saturated rings. The molecule has 0 unspecified atom stereocenters. The first-order valence-electron chi connectivity index (χ1n) is 5.36. The molecule has 0 spiro atoms. The van der Waals surface area contributed by atoms with Crippen LogP contribution in [-0.4, -0.2) is 22.5 Å². The van der Waals surface area contributed by atoms with Gasteiger partial charge in [0.1, 0.15) is 6.61 Å². The van der Waals surface area contributed by atoms with E-state index < -0.39 is 5.54 Å². The summed E-state index contributed by atoms with van der Waals surface area (Å²) in [4.78, 5) is 0. The van der Waals surface area contributed by atoms with Gasteiger partial charge in [-0.25, -0.2) is 4.63 Å². The van der Waals surface area contributed by atoms with Crippen LogP contribution in [0.5, 0.6) is 5.88 Å². The zero-order chi connectivity index (χ0) is 12.3.